The molecule has 0 aromatic rings. The van der Waals surface area contributed by atoms with Crippen LogP contribution >= 0.6 is 0 Å². The van der Waals surface area contributed by atoms with Crippen molar-refractivity contribution >= 4 is 0 Å². The van der Waals surface area contributed by atoms with E-state index in [2.05, 4.69) is 20.8 Å². The van der Waals surface area contributed by atoms with Crippen LogP contribution in [-0.4, -0.2) is 42.4 Å². The van der Waals surface area contributed by atoms with Gasteiger partial charge in [0, 0.05) is 0 Å². The summed E-state index contributed by atoms with van der Waals surface area (Å²) in [5.41, 5.74) is 0. The number of halogens is 1. The predicted octanol–water partition coefficient (Wildman–Crippen LogP) is 1.37. The molecule has 0 bridgehead atoms. The predicted molar refractivity (Wildman–Crippen MR) is 85.4 cm³/mol. The summed E-state index contributed by atoms with van der Waals surface area (Å²) in [6, 6.07) is 0. The van der Waals surface area contributed by atoms with Gasteiger partial charge in [-0.1, -0.05) is 46.5 Å². The molecule has 2 nitrogen and oxygen atoms in total. The van der Waals surface area contributed by atoms with Crippen LogP contribution in [0.25, 0.3) is 0 Å². The fourth-order valence-electron chi connectivity index (χ4n) is 2.95. The monoisotopic (exact) mass is 307 g/mol. The summed E-state index contributed by atoms with van der Waals surface area (Å²) in [5.74, 6) is 0. The van der Waals surface area contributed by atoms with E-state index in [0.717, 1.165) is 6.54 Å². The van der Waals surface area contributed by atoms with Crippen molar-refractivity contribution in [3.63, 3.8) is 0 Å². The minimum Gasteiger partial charge on any atom is -1.00 e. The van der Waals surface area contributed by atoms with Gasteiger partial charge in [0.1, 0.15) is 6.54 Å². The standard InChI is InChI=1S/C17H38NO.ClH/c1-4-7-10-12-15-18(16-17-19,13-9-6-3)14-11-8-5-2;/h19H,4-17H2,1-3H3;1H/q+1;/p-1. The van der Waals surface area contributed by atoms with Gasteiger partial charge in [0.25, 0.3) is 0 Å². The summed E-state index contributed by atoms with van der Waals surface area (Å²) in [5, 5.41) is 9.44. The second kappa shape index (κ2) is 15.6. The zero-order valence-electron chi connectivity index (χ0n) is 14.2. The van der Waals surface area contributed by atoms with Gasteiger partial charge in [-0.05, 0) is 32.1 Å². The van der Waals surface area contributed by atoms with Crippen molar-refractivity contribution in [2.75, 3.05) is 32.8 Å². The number of rotatable bonds is 14. The summed E-state index contributed by atoms with van der Waals surface area (Å²) in [7, 11) is 0. The van der Waals surface area contributed by atoms with Crippen LogP contribution in [0.2, 0.25) is 0 Å². The molecule has 124 valence electrons. The maximum absolute atomic E-state index is 9.44. The van der Waals surface area contributed by atoms with Gasteiger partial charge >= 0.3 is 0 Å². The second-order valence-corrected chi connectivity index (χ2v) is 6.08. The molecule has 0 aromatic heterocycles. The fraction of sp³-hybridized carbons (Fsp3) is 1.00. The SMILES string of the molecule is CCCCCC[N+](CCO)(CCCC)CCCCC.[Cl-]. The Kier molecular flexibility index (Phi) is 17.5. The average molecular weight is 308 g/mol. The molecule has 0 saturated carbocycles. The molecular weight excluding hydrogens is 270 g/mol. The van der Waals surface area contributed by atoms with E-state index in [0.29, 0.717) is 6.61 Å². The lowest BCUT2D eigenvalue weighted by Crippen LogP contribution is -3.00. The van der Waals surface area contributed by atoms with Crippen LogP contribution in [0, 0.1) is 0 Å². The maximum Gasteiger partial charge on any atom is 0.102 e. The van der Waals surface area contributed by atoms with Crippen molar-refractivity contribution in [1.29, 1.82) is 0 Å². The first kappa shape index (κ1) is 22.5. The van der Waals surface area contributed by atoms with Crippen molar-refractivity contribution in [2.45, 2.75) is 78.6 Å². The molecular formula is C17H38ClNO. The van der Waals surface area contributed by atoms with Crippen LogP contribution < -0.4 is 12.4 Å². The highest BCUT2D eigenvalue weighted by Gasteiger charge is 2.25. The molecule has 0 fully saturated rings. The molecule has 1 unspecified atom stereocenters. The molecule has 0 radical (unpaired) electrons. The molecule has 0 heterocycles. The Morgan fingerprint density at radius 2 is 1.05 bits per heavy atom. The maximum atomic E-state index is 9.44. The summed E-state index contributed by atoms with van der Waals surface area (Å²) >= 11 is 0. The minimum atomic E-state index is 0. The van der Waals surface area contributed by atoms with E-state index < -0.39 is 0 Å². The average Bonchev–Trinajstić information content (AvgIpc) is 2.42. The van der Waals surface area contributed by atoms with Crippen LogP contribution in [0.15, 0.2) is 0 Å². The Labute approximate surface area is 133 Å². The van der Waals surface area contributed by atoms with Gasteiger partial charge in [0.2, 0.25) is 0 Å². The molecule has 0 spiro atoms. The van der Waals surface area contributed by atoms with Crippen molar-refractivity contribution in [2.24, 2.45) is 0 Å². The Morgan fingerprint density at radius 1 is 0.600 bits per heavy atom. The molecule has 0 aromatic carbocycles. The van der Waals surface area contributed by atoms with E-state index >= 15 is 0 Å². The van der Waals surface area contributed by atoms with Crippen LogP contribution in [0.4, 0.5) is 0 Å². The number of hydrogen-bond acceptors (Lipinski definition) is 1. The van der Waals surface area contributed by atoms with Crippen LogP contribution in [0.3, 0.4) is 0 Å². The molecule has 3 heteroatoms. The zero-order valence-corrected chi connectivity index (χ0v) is 14.9. The van der Waals surface area contributed by atoms with Gasteiger partial charge in [-0.25, -0.2) is 0 Å². The minimum absolute atomic E-state index is 0. The first-order valence-corrected chi connectivity index (χ1v) is 8.70. The lowest BCUT2D eigenvalue weighted by atomic mass is 10.1. The van der Waals surface area contributed by atoms with E-state index in [1.807, 2.05) is 0 Å². The summed E-state index contributed by atoms with van der Waals surface area (Å²) < 4.78 is 1.17. The van der Waals surface area contributed by atoms with Gasteiger partial charge in [-0.2, -0.15) is 0 Å². The van der Waals surface area contributed by atoms with E-state index in [1.165, 1.54) is 81.9 Å². The molecule has 1 N–H and O–H groups in total. The van der Waals surface area contributed by atoms with E-state index in [1.54, 1.807) is 0 Å². The molecule has 0 rings (SSSR count). The van der Waals surface area contributed by atoms with Gasteiger partial charge < -0.3 is 22.0 Å². The number of unbranched alkanes of at least 4 members (excludes halogenated alkanes) is 6. The number of quaternary nitrogens is 1. The first-order chi connectivity index (χ1) is 9.24. The van der Waals surface area contributed by atoms with Crippen molar-refractivity contribution in [3.05, 3.63) is 0 Å². The Hall–Kier alpha value is 0.210. The molecule has 1 atom stereocenters. The van der Waals surface area contributed by atoms with Gasteiger partial charge in [0.15, 0.2) is 0 Å². The van der Waals surface area contributed by atoms with Crippen LogP contribution in [0.1, 0.15) is 78.6 Å². The van der Waals surface area contributed by atoms with E-state index in [4.69, 9.17) is 0 Å². The van der Waals surface area contributed by atoms with Crippen LogP contribution in [0.5, 0.6) is 0 Å². The zero-order chi connectivity index (χ0) is 14.4. The normalized spacial score (nSPS) is 13.8. The molecule has 0 amide bonds. The van der Waals surface area contributed by atoms with Crippen LogP contribution in [-0.2, 0) is 0 Å². The smallest absolute Gasteiger partial charge is 0.102 e. The third-order valence-corrected chi connectivity index (χ3v) is 4.28. The highest BCUT2D eigenvalue weighted by Crippen LogP contribution is 2.15. The van der Waals surface area contributed by atoms with Crippen molar-refractivity contribution < 1.29 is 22.0 Å². The summed E-state index contributed by atoms with van der Waals surface area (Å²) in [4.78, 5) is 0. The summed E-state index contributed by atoms with van der Waals surface area (Å²) in [6.07, 6.45) is 11.9. The molecule has 0 aliphatic heterocycles. The Bertz CT molecular complexity index is 190. The third-order valence-electron chi connectivity index (χ3n) is 4.28. The largest absolute Gasteiger partial charge is 1.00 e. The number of hydrogen-bond donors (Lipinski definition) is 1. The third kappa shape index (κ3) is 10.9. The highest BCUT2D eigenvalue weighted by molar-refractivity contribution is 4.50. The topological polar surface area (TPSA) is 20.2 Å². The number of aliphatic hydroxyl groups is 1. The Morgan fingerprint density at radius 3 is 1.55 bits per heavy atom. The van der Waals surface area contributed by atoms with Gasteiger partial charge in [-0.3, -0.25) is 0 Å². The lowest BCUT2D eigenvalue weighted by molar-refractivity contribution is -0.929. The molecule has 0 saturated heterocycles. The quantitative estimate of drug-likeness (QED) is 0.380. The molecule has 0 aliphatic rings. The highest BCUT2D eigenvalue weighted by atomic mass is 35.5. The fourth-order valence-corrected chi connectivity index (χ4v) is 2.95. The van der Waals surface area contributed by atoms with Crippen molar-refractivity contribution in [3.8, 4) is 0 Å². The molecule has 0 aliphatic carbocycles. The van der Waals surface area contributed by atoms with Gasteiger partial charge in [0.05, 0.1) is 26.2 Å². The summed E-state index contributed by atoms with van der Waals surface area (Å²) in [6.45, 7) is 12.0. The van der Waals surface area contributed by atoms with Crippen molar-refractivity contribution in [1.82, 2.24) is 0 Å². The van der Waals surface area contributed by atoms with Gasteiger partial charge in [-0.15, -0.1) is 0 Å². The molecule has 20 heavy (non-hydrogen) atoms. The van der Waals surface area contributed by atoms with E-state index in [-0.39, 0.29) is 12.4 Å². The van der Waals surface area contributed by atoms with E-state index in [9.17, 15) is 5.11 Å². The number of aliphatic hydroxyl groups excluding tert-OH is 1. The second-order valence-electron chi connectivity index (χ2n) is 6.08. The number of nitrogens with zero attached hydrogens (tertiary/aromatic N) is 1. The Balaban J connectivity index is 0. The lowest BCUT2D eigenvalue weighted by Gasteiger charge is -2.39. The first-order valence-electron chi connectivity index (χ1n) is 8.70.